The lowest BCUT2D eigenvalue weighted by Gasteiger charge is -1.93. The lowest BCUT2D eigenvalue weighted by atomic mass is 10.4. The van der Waals surface area contributed by atoms with Gasteiger partial charge >= 0.3 is 0 Å². The second-order valence-corrected chi connectivity index (χ2v) is 3.99. The highest BCUT2D eigenvalue weighted by Gasteiger charge is 2.05. The van der Waals surface area contributed by atoms with Crippen LogP contribution in [-0.2, 0) is 6.61 Å². The van der Waals surface area contributed by atoms with Crippen LogP contribution in [0.25, 0.3) is 10.8 Å². The molecule has 72 valence electrons. The maximum Gasteiger partial charge on any atom is 0.188 e. The molecule has 2 rings (SSSR count). The van der Waals surface area contributed by atoms with Crippen LogP contribution >= 0.6 is 11.3 Å². The molecule has 0 aromatic carbocycles. The van der Waals surface area contributed by atoms with Crippen molar-refractivity contribution in [2.45, 2.75) is 13.5 Å². The van der Waals surface area contributed by atoms with Gasteiger partial charge in [0.1, 0.15) is 0 Å². The van der Waals surface area contributed by atoms with Gasteiger partial charge in [-0.05, 0) is 12.5 Å². The monoisotopic (exact) mass is 207 g/mol. The first-order valence-electron chi connectivity index (χ1n) is 4.14. The minimum atomic E-state index is 0.0174. The fourth-order valence-electron chi connectivity index (χ4n) is 0.987. The molecule has 0 aliphatic heterocycles. The lowest BCUT2D eigenvalue weighted by molar-refractivity contribution is 0.285. The van der Waals surface area contributed by atoms with E-state index in [0.717, 1.165) is 15.4 Å². The number of aliphatic hydroxyl groups is 1. The molecule has 14 heavy (non-hydrogen) atoms. The second-order valence-electron chi connectivity index (χ2n) is 2.87. The van der Waals surface area contributed by atoms with Crippen LogP contribution in [0.2, 0.25) is 0 Å². The Labute approximate surface area is 85.3 Å². The van der Waals surface area contributed by atoms with E-state index in [4.69, 9.17) is 5.11 Å². The molecule has 2 aromatic heterocycles. The Bertz CT molecular complexity index is 424. The van der Waals surface area contributed by atoms with Crippen LogP contribution in [0.4, 0.5) is 0 Å². The third-order valence-corrected chi connectivity index (χ3v) is 2.66. The lowest BCUT2D eigenvalue weighted by Crippen LogP contribution is -1.87. The van der Waals surface area contributed by atoms with E-state index in [-0.39, 0.29) is 6.61 Å². The fourth-order valence-corrected chi connectivity index (χ4v) is 1.71. The molecule has 0 bridgehead atoms. The standard InChI is InChI=1S/C9H9N3OS/c1-6-2-10-8(11-3-6)9-12-4-7(5-13)14-9/h2-4,13H,5H2,1H3. The molecule has 0 amide bonds. The molecule has 0 spiro atoms. The molecule has 2 heterocycles. The summed E-state index contributed by atoms with van der Waals surface area (Å²) in [5.41, 5.74) is 1.02. The largest absolute Gasteiger partial charge is 0.391 e. The van der Waals surface area contributed by atoms with Gasteiger partial charge in [-0.25, -0.2) is 15.0 Å². The summed E-state index contributed by atoms with van der Waals surface area (Å²) in [5, 5.41) is 9.62. The first kappa shape index (κ1) is 9.23. The third kappa shape index (κ3) is 1.78. The summed E-state index contributed by atoms with van der Waals surface area (Å²) in [6.45, 7) is 1.95. The zero-order valence-electron chi connectivity index (χ0n) is 7.64. The average molecular weight is 207 g/mol. The highest BCUT2D eigenvalue weighted by atomic mass is 32.1. The van der Waals surface area contributed by atoms with Crippen LogP contribution in [0.3, 0.4) is 0 Å². The maximum absolute atomic E-state index is 8.87. The number of hydrogen-bond acceptors (Lipinski definition) is 5. The van der Waals surface area contributed by atoms with E-state index < -0.39 is 0 Å². The van der Waals surface area contributed by atoms with Crippen molar-refractivity contribution in [3.63, 3.8) is 0 Å². The molecular formula is C9H9N3OS. The number of hydrogen-bond donors (Lipinski definition) is 1. The van der Waals surface area contributed by atoms with Gasteiger partial charge in [0.15, 0.2) is 10.8 Å². The van der Waals surface area contributed by atoms with Gasteiger partial charge < -0.3 is 5.11 Å². The molecule has 1 N–H and O–H groups in total. The summed E-state index contributed by atoms with van der Waals surface area (Å²) in [6, 6.07) is 0. The Kier molecular flexibility index (Phi) is 2.51. The Balaban J connectivity index is 2.34. The third-order valence-electron chi connectivity index (χ3n) is 1.68. The van der Waals surface area contributed by atoms with Crippen molar-refractivity contribution in [3.8, 4) is 10.8 Å². The van der Waals surface area contributed by atoms with E-state index >= 15 is 0 Å². The Morgan fingerprint density at radius 1 is 1.21 bits per heavy atom. The van der Waals surface area contributed by atoms with Crippen molar-refractivity contribution in [2.75, 3.05) is 0 Å². The molecule has 0 radical (unpaired) electrons. The van der Waals surface area contributed by atoms with E-state index in [9.17, 15) is 0 Å². The summed E-state index contributed by atoms with van der Waals surface area (Å²) in [7, 11) is 0. The first-order valence-corrected chi connectivity index (χ1v) is 4.96. The number of nitrogens with zero attached hydrogens (tertiary/aromatic N) is 3. The second kappa shape index (κ2) is 3.81. The van der Waals surface area contributed by atoms with Crippen molar-refractivity contribution in [3.05, 3.63) is 29.0 Å². The summed E-state index contributed by atoms with van der Waals surface area (Å²) in [6.07, 6.45) is 5.15. The van der Waals surface area contributed by atoms with Crippen molar-refractivity contribution >= 4 is 11.3 Å². The molecule has 0 atom stereocenters. The molecule has 5 heteroatoms. The summed E-state index contributed by atoms with van der Waals surface area (Å²) in [5.74, 6) is 0.611. The summed E-state index contributed by atoms with van der Waals surface area (Å²) < 4.78 is 0. The Morgan fingerprint density at radius 3 is 2.50 bits per heavy atom. The van der Waals surface area contributed by atoms with Crippen molar-refractivity contribution < 1.29 is 5.11 Å². The molecule has 0 unspecified atom stereocenters. The highest BCUT2D eigenvalue weighted by Crippen LogP contribution is 2.21. The molecule has 0 aliphatic carbocycles. The minimum Gasteiger partial charge on any atom is -0.391 e. The number of aryl methyl sites for hydroxylation is 1. The molecule has 0 saturated heterocycles. The number of rotatable bonds is 2. The van der Waals surface area contributed by atoms with Gasteiger partial charge in [-0.3, -0.25) is 0 Å². The summed E-state index contributed by atoms with van der Waals surface area (Å²) in [4.78, 5) is 13.2. The van der Waals surface area contributed by atoms with Crippen LogP contribution in [0.15, 0.2) is 18.6 Å². The van der Waals surface area contributed by atoms with E-state index in [0.29, 0.717) is 5.82 Å². The molecule has 0 saturated carbocycles. The Morgan fingerprint density at radius 2 is 1.93 bits per heavy atom. The van der Waals surface area contributed by atoms with E-state index in [1.165, 1.54) is 11.3 Å². The zero-order chi connectivity index (χ0) is 9.97. The fraction of sp³-hybridized carbons (Fsp3) is 0.222. The number of thiazole rings is 1. The smallest absolute Gasteiger partial charge is 0.188 e. The first-order chi connectivity index (χ1) is 6.79. The van der Waals surface area contributed by atoms with Gasteiger partial charge in [-0.15, -0.1) is 11.3 Å². The van der Waals surface area contributed by atoms with Crippen LogP contribution in [0.5, 0.6) is 0 Å². The van der Waals surface area contributed by atoms with Gasteiger partial charge in [-0.2, -0.15) is 0 Å². The topological polar surface area (TPSA) is 58.9 Å². The Hall–Kier alpha value is -1.33. The van der Waals surface area contributed by atoms with Crippen molar-refractivity contribution in [1.29, 1.82) is 0 Å². The van der Waals surface area contributed by atoms with Crippen LogP contribution < -0.4 is 0 Å². The maximum atomic E-state index is 8.87. The van der Waals surface area contributed by atoms with Gasteiger partial charge in [0.05, 0.1) is 11.5 Å². The zero-order valence-corrected chi connectivity index (χ0v) is 8.45. The molecule has 4 nitrogen and oxygen atoms in total. The van der Waals surface area contributed by atoms with Gasteiger partial charge in [0.2, 0.25) is 0 Å². The predicted octanol–water partition coefficient (Wildman–Crippen LogP) is 1.40. The van der Waals surface area contributed by atoms with Crippen molar-refractivity contribution in [2.24, 2.45) is 0 Å². The van der Waals surface area contributed by atoms with E-state index in [1.807, 2.05) is 6.92 Å². The number of aliphatic hydroxyl groups excluding tert-OH is 1. The molecular weight excluding hydrogens is 198 g/mol. The van der Waals surface area contributed by atoms with Crippen LogP contribution in [0, 0.1) is 6.92 Å². The normalized spacial score (nSPS) is 10.4. The van der Waals surface area contributed by atoms with Gasteiger partial charge in [0, 0.05) is 18.6 Å². The highest BCUT2D eigenvalue weighted by molar-refractivity contribution is 7.14. The van der Waals surface area contributed by atoms with E-state index in [2.05, 4.69) is 15.0 Å². The predicted molar refractivity (Wildman–Crippen MR) is 53.8 cm³/mol. The van der Waals surface area contributed by atoms with Crippen LogP contribution in [-0.4, -0.2) is 20.1 Å². The minimum absolute atomic E-state index is 0.0174. The van der Waals surface area contributed by atoms with Gasteiger partial charge in [-0.1, -0.05) is 0 Å². The van der Waals surface area contributed by atoms with Crippen LogP contribution in [0.1, 0.15) is 10.4 Å². The SMILES string of the molecule is Cc1cnc(-c2ncc(CO)s2)nc1. The number of aromatic nitrogens is 3. The van der Waals surface area contributed by atoms with Gasteiger partial charge in [0.25, 0.3) is 0 Å². The quantitative estimate of drug-likeness (QED) is 0.808. The summed E-state index contributed by atoms with van der Waals surface area (Å²) >= 11 is 1.41. The molecule has 0 aliphatic rings. The average Bonchev–Trinajstić information content (AvgIpc) is 2.67. The molecule has 2 aromatic rings. The van der Waals surface area contributed by atoms with E-state index in [1.54, 1.807) is 18.6 Å². The van der Waals surface area contributed by atoms with Crippen molar-refractivity contribution in [1.82, 2.24) is 15.0 Å². The molecule has 0 fully saturated rings.